The summed E-state index contributed by atoms with van der Waals surface area (Å²) in [5.41, 5.74) is 2.39. The Labute approximate surface area is 140 Å². The van der Waals surface area contributed by atoms with Crippen molar-refractivity contribution in [2.24, 2.45) is 0 Å². The molecule has 2 rings (SSSR count). The second-order valence-corrected chi connectivity index (χ2v) is 5.70. The maximum Gasteiger partial charge on any atom is 0.303 e. The van der Waals surface area contributed by atoms with Crippen LogP contribution in [0.25, 0.3) is 5.82 Å². The summed E-state index contributed by atoms with van der Waals surface area (Å²) in [6, 6.07) is 5.45. The Morgan fingerprint density at radius 1 is 1.21 bits per heavy atom. The molecule has 0 fully saturated rings. The van der Waals surface area contributed by atoms with Gasteiger partial charge in [-0.15, -0.1) is 0 Å². The molecule has 0 bridgehead atoms. The number of nitrogens with one attached hydrogen (secondary N) is 1. The van der Waals surface area contributed by atoms with Gasteiger partial charge in [-0.1, -0.05) is 6.42 Å². The van der Waals surface area contributed by atoms with Crippen molar-refractivity contribution < 1.29 is 14.7 Å². The van der Waals surface area contributed by atoms with Gasteiger partial charge in [0.15, 0.2) is 5.82 Å². The molecule has 0 aliphatic rings. The number of carboxylic acid groups (broad SMARTS) is 1. The maximum atomic E-state index is 12.0. The Morgan fingerprint density at radius 2 is 2.00 bits per heavy atom. The Bertz CT molecular complexity index is 707. The summed E-state index contributed by atoms with van der Waals surface area (Å²) in [6.07, 6.45) is 3.87. The molecule has 7 nitrogen and oxygen atoms in total. The highest BCUT2D eigenvalue weighted by Crippen LogP contribution is 2.10. The Kier molecular flexibility index (Phi) is 6.06. The second-order valence-electron chi connectivity index (χ2n) is 5.70. The molecule has 2 heterocycles. The van der Waals surface area contributed by atoms with Crippen molar-refractivity contribution in [1.29, 1.82) is 0 Å². The number of carbonyl (C=O) groups excluding carboxylic acids is 1. The minimum atomic E-state index is -0.784. The van der Waals surface area contributed by atoms with E-state index in [0.717, 1.165) is 24.2 Å². The van der Waals surface area contributed by atoms with Crippen LogP contribution in [0.4, 0.5) is 0 Å². The molecule has 0 unspecified atom stereocenters. The summed E-state index contributed by atoms with van der Waals surface area (Å²) < 4.78 is 1.74. The zero-order chi connectivity index (χ0) is 17.5. The number of hydrogen-bond donors (Lipinski definition) is 2. The number of amides is 1. The zero-order valence-electron chi connectivity index (χ0n) is 14.0. The molecule has 0 aliphatic carbocycles. The number of rotatable bonds is 8. The van der Waals surface area contributed by atoms with E-state index in [2.05, 4.69) is 15.4 Å². The van der Waals surface area contributed by atoms with Crippen LogP contribution < -0.4 is 5.32 Å². The average Bonchev–Trinajstić information content (AvgIpc) is 2.89. The lowest BCUT2D eigenvalue weighted by molar-refractivity contribution is -0.137. The number of pyridine rings is 1. The van der Waals surface area contributed by atoms with E-state index in [1.54, 1.807) is 16.8 Å². The van der Waals surface area contributed by atoms with Gasteiger partial charge in [0, 0.05) is 24.9 Å². The molecule has 0 aromatic carbocycles. The summed E-state index contributed by atoms with van der Waals surface area (Å²) >= 11 is 0. The van der Waals surface area contributed by atoms with Gasteiger partial charge in [0.2, 0.25) is 0 Å². The molecule has 1 amide bonds. The fourth-order valence-electron chi connectivity index (χ4n) is 2.39. The van der Waals surface area contributed by atoms with Crippen LogP contribution in [0, 0.1) is 13.8 Å². The van der Waals surface area contributed by atoms with Crippen LogP contribution in [0.3, 0.4) is 0 Å². The van der Waals surface area contributed by atoms with Crippen molar-refractivity contribution in [3.63, 3.8) is 0 Å². The number of hydrogen-bond acceptors (Lipinski definition) is 4. The molecular weight excluding hydrogens is 308 g/mol. The van der Waals surface area contributed by atoms with E-state index in [1.807, 2.05) is 19.9 Å². The summed E-state index contributed by atoms with van der Waals surface area (Å²) in [5.74, 6) is -0.292. The van der Waals surface area contributed by atoms with Crippen LogP contribution in [-0.2, 0) is 4.79 Å². The number of unbranched alkanes of at least 4 members (excludes halogenated alkanes) is 2. The molecular formula is C17H22N4O3. The first kappa shape index (κ1) is 17.7. The van der Waals surface area contributed by atoms with E-state index in [-0.39, 0.29) is 12.3 Å². The molecule has 2 N–H and O–H groups in total. The summed E-state index contributed by atoms with van der Waals surface area (Å²) in [4.78, 5) is 26.7. The lowest BCUT2D eigenvalue weighted by Crippen LogP contribution is -2.24. The molecule has 7 heteroatoms. The van der Waals surface area contributed by atoms with Crippen LogP contribution >= 0.6 is 0 Å². The van der Waals surface area contributed by atoms with Gasteiger partial charge in [0.25, 0.3) is 5.91 Å². The summed E-state index contributed by atoms with van der Waals surface area (Å²) in [6.45, 7) is 4.39. The smallest absolute Gasteiger partial charge is 0.303 e. The first-order valence-corrected chi connectivity index (χ1v) is 7.97. The highest BCUT2D eigenvalue weighted by Gasteiger charge is 2.08. The van der Waals surface area contributed by atoms with E-state index in [9.17, 15) is 9.59 Å². The Morgan fingerprint density at radius 3 is 2.58 bits per heavy atom. The quantitative estimate of drug-likeness (QED) is 0.724. The van der Waals surface area contributed by atoms with Crippen LogP contribution in [0.5, 0.6) is 0 Å². The van der Waals surface area contributed by atoms with E-state index >= 15 is 0 Å². The van der Waals surface area contributed by atoms with Gasteiger partial charge in [-0.25, -0.2) is 9.67 Å². The highest BCUT2D eigenvalue weighted by molar-refractivity contribution is 5.93. The van der Waals surface area contributed by atoms with Gasteiger partial charge in [-0.3, -0.25) is 9.59 Å². The predicted octanol–water partition coefficient (Wildman–Crippen LogP) is 2.26. The number of carboxylic acids is 1. The summed E-state index contributed by atoms with van der Waals surface area (Å²) in [7, 11) is 0. The predicted molar refractivity (Wildman–Crippen MR) is 89.3 cm³/mol. The van der Waals surface area contributed by atoms with Crippen molar-refractivity contribution >= 4 is 11.9 Å². The van der Waals surface area contributed by atoms with E-state index in [1.165, 1.54) is 6.20 Å². The zero-order valence-corrected chi connectivity index (χ0v) is 14.0. The molecule has 0 saturated carbocycles. The number of nitrogens with zero attached hydrogens (tertiary/aromatic N) is 3. The van der Waals surface area contributed by atoms with Crippen molar-refractivity contribution in [2.45, 2.75) is 39.5 Å². The van der Waals surface area contributed by atoms with Gasteiger partial charge in [0.1, 0.15) is 0 Å². The van der Waals surface area contributed by atoms with Crippen LogP contribution in [0.2, 0.25) is 0 Å². The molecule has 2 aromatic rings. The minimum Gasteiger partial charge on any atom is -0.481 e. The fraction of sp³-hybridized carbons (Fsp3) is 0.412. The second kappa shape index (κ2) is 8.24. The molecule has 0 radical (unpaired) electrons. The number of aryl methyl sites for hydroxylation is 2. The third-order valence-electron chi connectivity index (χ3n) is 3.59. The van der Waals surface area contributed by atoms with Gasteiger partial charge in [-0.2, -0.15) is 5.10 Å². The van der Waals surface area contributed by atoms with Gasteiger partial charge >= 0.3 is 5.97 Å². The molecule has 0 atom stereocenters. The van der Waals surface area contributed by atoms with Crippen molar-refractivity contribution in [3.8, 4) is 5.82 Å². The molecule has 128 valence electrons. The summed E-state index contributed by atoms with van der Waals surface area (Å²) in [5, 5.41) is 15.7. The molecule has 0 saturated heterocycles. The first-order valence-electron chi connectivity index (χ1n) is 7.97. The Hall–Kier alpha value is -2.70. The molecule has 0 spiro atoms. The SMILES string of the molecule is Cc1cc(C)n(-c2ccc(C(=O)NCCCCCC(=O)O)cn2)n1. The number of aromatic nitrogens is 3. The van der Waals surface area contributed by atoms with Gasteiger partial charge in [-0.05, 0) is 44.9 Å². The fourth-order valence-corrected chi connectivity index (χ4v) is 2.39. The number of carbonyl (C=O) groups is 2. The highest BCUT2D eigenvalue weighted by atomic mass is 16.4. The number of aliphatic carboxylic acids is 1. The standard InChI is InChI=1S/C17H22N4O3/c1-12-10-13(2)21(20-12)15-8-7-14(11-19-15)17(24)18-9-5-3-4-6-16(22)23/h7-8,10-11H,3-6,9H2,1-2H3,(H,18,24)(H,22,23). The minimum absolute atomic E-state index is 0.172. The van der Waals surface area contributed by atoms with Crippen molar-refractivity contribution in [3.05, 3.63) is 41.3 Å². The van der Waals surface area contributed by atoms with Crippen molar-refractivity contribution in [1.82, 2.24) is 20.1 Å². The molecule has 24 heavy (non-hydrogen) atoms. The maximum absolute atomic E-state index is 12.0. The van der Waals surface area contributed by atoms with E-state index in [4.69, 9.17) is 5.11 Å². The van der Waals surface area contributed by atoms with Crippen LogP contribution in [0.15, 0.2) is 24.4 Å². The monoisotopic (exact) mass is 330 g/mol. The van der Waals surface area contributed by atoms with Gasteiger partial charge in [0.05, 0.1) is 11.3 Å². The topological polar surface area (TPSA) is 97.1 Å². The largest absolute Gasteiger partial charge is 0.481 e. The normalized spacial score (nSPS) is 10.6. The third-order valence-corrected chi connectivity index (χ3v) is 3.59. The lowest BCUT2D eigenvalue weighted by Gasteiger charge is -2.06. The average molecular weight is 330 g/mol. The van der Waals surface area contributed by atoms with Gasteiger partial charge < -0.3 is 10.4 Å². The van der Waals surface area contributed by atoms with Crippen LogP contribution in [0.1, 0.15) is 47.4 Å². The van der Waals surface area contributed by atoms with E-state index in [0.29, 0.717) is 24.3 Å². The first-order chi connectivity index (χ1) is 11.5. The third kappa shape index (κ3) is 4.91. The van der Waals surface area contributed by atoms with Crippen LogP contribution in [-0.4, -0.2) is 38.3 Å². The Balaban J connectivity index is 1.83. The molecule has 2 aromatic heterocycles. The molecule has 0 aliphatic heterocycles. The lowest BCUT2D eigenvalue weighted by atomic mass is 10.2. The van der Waals surface area contributed by atoms with Crippen molar-refractivity contribution in [2.75, 3.05) is 6.54 Å². The van der Waals surface area contributed by atoms with E-state index < -0.39 is 5.97 Å².